The molecule has 0 radical (unpaired) electrons. The third kappa shape index (κ3) is 2.14. The predicted molar refractivity (Wildman–Crippen MR) is 73.4 cm³/mol. The molecule has 0 fully saturated rings. The zero-order valence-corrected chi connectivity index (χ0v) is 12.0. The topological polar surface area (TPSA) is 77.4 Å². The molecule has 0 atom stereocenters. The number of aromatic nitrogens is 5. The van der Waals surface area contributed by atoms with Gasteiger partial charge in [0.05, 0.1) is 0 Å². The van der Waals surface area contributed by atoms with Gasteiger partial charge >= 0.3 is 5.91 Å². The van der Waals surface area contributed by atoms with Crippen LogP contribution in [0.5, 0.6) is 0 Å². The minimum atomic E-state index is -0.467. The smallest absolute Gasteiger partial charge is 0.319 e. The van der Waals surface area contributed by atoms with E-state index in [9.17, 15) is 4.79 Å². The van der Waals surface area contributed by atoms with E-state index in [1.165, 1.54) is 11.3 Å². The molecule has 3 aromatic heterocycles. The standard InChI is InChI=1S/C12H12N6OS/c1-7-6-8(2)18-11(13-7)14-9(16-18)10(19)15-12-17(3)4-5-20-12/h4-6H,1-3H3. The number of rotatable bonds is 1. The van der Waals surface area contributed by atoms with Crippen LogP contribution in [0, 0.1) is 13.8 Å². The van der Waals surface area contributed by atoms with E-state index in [1.807, 2.05) is 38.5 Å². The fourth-order valence-corrected chi connectivity index (χ4v) is 2.56. The number of hydrogen-bond donors (Lipinski definition) is 0. The first kappa shape index (κ1) is 12.7. The van der Waals surface area contributed by atoms with E-state index >= 15 is 0 Å². The lowest BCUT2D eigenvalue weighted by Crippen LogP contribution is -2.13. The van der Waals surface area contributed by atoms with Crippen LogP contribution < -0.4 is 4.80 Å². The number of hydrogen-bond acceptors (Lipinski definition) is 5. The summed E-state index contributed by atoms with van der Waals surface area (Å²) in [5.41, 5.74) is 1.71. The van der Waals surface area contributed by atoms with Crippen LogP contribution >= 0.6 is 11.3 Å². The molecule has 0 aliphatic rings. The van der Waals surface area contributed by atoms with Crippen LogP contribution in [-0.2, 0) is 7.05 Å². The number of fused-ring (bicyclic) bond motifs is 1. The van der Waals surface area contributed by atoms with Gasteiger partial charge < -0.3 is 4.57 Å². The zero-order valence-electron chi connectivity index (χ0n) is 11.2. The van der Waals surface area contributed by atoms with E-state index < -0.39 is 5.91 Å². The van der Waals surface area contributed by atoms with E-state index in [0.717, 1.165) is 11.4 Å². The molecule has 0 saturated carbocycles. The summed E-state index contributed by atoms with van der Waals surface area (Å²) in [6.07, 6.45) is 1.84. The van der Waals surface area contributed by atoms with Crippen molar-refractivity contribution in [2.45, 2.75) is 13.8 Å². The molecule has 0 aromatic carbocycles. The number of carbonyl (C=O) groups excluding carboxylic acids is 1. The molecule has 0 aliphatic heterocycles. The summed E-state index contributed by atoms with van der Waals surface area (Å²) >= 11 is 1.38. The molecule has 1 amide bonds. The number of thiazole rings is 1. The van der Waals surface area contributed by atoms with Crippen molar-refractivity contribution in [1.29, 1.82) is 0 Å². The van der Waals surface area contributed by atoms with Crippen LogP contribution in [0.15, 0.2) is 22.6 Å². The van der Waals surface area contributed by atoms with Gasteiger partial charge in [-0.2, -0.15) is 9.98 Å². The minimum Gasteiger partial charge on any atom is -0.327 e. The van der Waals surface area contributed by atoms with Crippen LogP contribution in [0.2, 0.25) is 0 Å². The second-order valence-electron chi connectivity index (χ2n) is 4.40. The van der Waals surface area contributed by atoms with Crippen LogP contribution in [-0.4, -0.2) is 30.1 Å². The van der Waals surface area contributed by atoms with Gasteiger partial charge in [0.25, 0.3) is 5.78 Å². The first-order chi connectivity index (χ1) is 9.54. The number of amides is 1. The Hall–Kier alpha value is -2.35. The lowest BCUT2D eigenvalue weighted by atomic mass is 10.4. The van der Waals surface area contributed by atoms with Gasteiger partial charge in [-0.25, -0.2) is 9.50 Å². The van der Waals surface area contributed by atoms with Crippen molar-refractivity contribution < 1.29 is 4.79 Å². The summed E-state index contributed by atoms with van der Waals surface area (Å²) in [5.74, 6) is 0.00167. The summed E-state index contributed by atoms with van der Waals surface area (Å²) in [4.78, 5) is 25.1. The Kier molecular flexibility index (Phi) is 2.94. The zero-order chi connectivity index (χ0) is 14.3. The normalized spacial score (nSPS) is 12.2. The van der Waals surface area contributed by atoms with Gasteiger partial charge in [0.2, 0.25) is 5.82 Å². The monoisotopic (exact) mass is 288 g/mol. The highest BCUT2D eigenvalue weighted by molar-refractivity contribution is 7.07. The summed E-state index contributed by atoms with van der Waals surface area (Å²) in [6.45, 7) is 3.76. The van der Waals surface area contributed by atoms with Crippen molar-refractivity contribution in [3.8, 4) is 0 Å². The van der Waals surface area contributed by atoms with Crippen molar-refractivity contribution in [1.82, 2.24) is 24.1 Å². The molecule has 3 aromatic rings. The van der Waals surface area contributed by atoms with Crippen molar-refractivity contribution in [3.05, 3.63) is 39.7 Å². The van der Waals surface area contributed by atoms with Crippen molar-refractivity contribution >= 4 is 23.0 Å². The van der Waals surface area contributed by atoms with E-state index in [1.54, 1.807) is 9.08 Å². The van der Waals surface area contributed by atoms with Crippen molar-refractivity contribution in [2.24, 2.45) is 12.0 Å². The molecule has 0 N–H and O–H groups in total. The molecule has 0 saturated heterocycles. The summed E-state index contributed by atoms with van der Waals surface area (Å²) < 4.78 is 3.32. The first-order valence-electron chi connectivity index (χ1n) is 5.95. The van der Waals surface area contributed by atoms with Gasteiger partial charge in [-0.1, -0.05) is 0 Å². The molecule has 7 nitrogen and oxygen atoms in total. The van der Waals surface area contributed by atoms with Crippen LogP contribution in [0.4, 0.5) is 0 Å². The second-order valence-corrected chi connectivity index (χ2v) is 5.27. The predicted octanol–water partition coefficient (Wildman–Crippen LogP) is 0.882. The Labute approximate surface area is 118 Å². The Morgan fingerprint density at radius 3 is 2.85 bits per heavy atom. The maximum atomic E-state index is 12.1. The molecule has 102 valence electrons. The average Bonchev–Trinajstić information content (AvgIpc) is 2.96. The number of nitrogens with zero attached hydrogens (tertiary/aromatic N) is 6. The average molecular weight is 288 g/mol. The molecular formula is C12H12N6OS. The van der Waals surface area contributed by atoms with Crippen LogP contribution in [0.3, 0.4) is 0 Å². The summed E-state index contributed by atoms with van der Waals surface area (Å²) in [5, 5.41) is 6.02. The lowest BCUT2D eigenvalue weighted by Gasteiger charge is -1.97. The van der Waals surface area contributed by atoms with E-state index in [-0.39, 0.29) is 5.82 Å². The molecule has 3 heterocycles. The second kappa shape index (κ2) is 4.64. The van der Waals surface area contributed by atoms with Crippen LogP contribution in [0.1, 0.15) is 22.0 Å². The van der Waals surface area contributed by atoms with Crippen molar-refractivity contribution in [3.63, 3.8) is 0 Å². The Bertz CT molecular complexity index is 872. The van der Waals surface area contributed by atoms with E-state index in [4.69, 9.17) is 0 Å². The third-order valence-electron chi connectivity index (χ3n) is 2.77. The SMILES string of the molecule is Cc1cc(C)n2nc(C(=O)N=c3sccn3C)nc2n1. The molecule has 0 spiro atoms. The highest BCUT2D eigenvalue weighted by atomic mass is 32.1. The molecule has 8 heteroatoms. The van der Waals surface area contributed by atoms with Gasteiger partial charge in [-0.15, -0.1) is 16.4 Å². The summed E-state index contributed by atoms with van der Waals surface area (Å²) in [7, 11) is 1.83. The van der Waals surface area contributed by atoms with Gasteiger partial charge in [-0.3, -0.25) is 4.79 Å². The van der Waals surface area contributed by atoms with E-state index in [2.05, 4.69) is 20.1 Å². The van der Waals surface area contributed by atoms with Gasteiger partial charge in [0.1, 0.15) is 0 Å². The van der Waals surface area contributed by atoms with Gasteiger partial charge in [0.15, 0.2) is 4.80 Å². The Balaban J connectivity index is 2.09. The lowest BCUT2D eigenvalue weighted by molar-refractivity contribution is 0.0988. The molecule has 0 bridgehead atoms. The maximum Gasteiger partial charge on any atom is 0.319 e. The Morgan fingerprint density at radius 1 is 1.35 bits per heavy atom. The first-order valence-corrected chi connectivity index (χ1v) is 6.83. The van der Waals surface area contributed by atoms with Gasteiger partial charge in [-0.05, 0) is 19.9 Å². The number of aryl methyl sites for hydroxylation is 3. The molecule has 0 unspecified atom stereocenters. The fourth-order valence-electron chi connectivity index (χ4n) is 1.83. The summed E-state index contributed by atoms with van der Waals surface area (Å²) in [6, 6.07) is 1.88. The molecular weight excluding hydrogens is 276 g/mol. The fraction of sp³-hybridized carbons (Fsp3) is 0.250. The minimum absolute atomic E-state index is 0.0552. The largest absolute Gasteiger partial charge is 0.327 e. The van der Waals surface area contributed by atoms with E-state index in [0.29, 0.717) is 10.6 Å². The third-order valence-corrected chi connectivity index (χ3v) is 3.61. The number of carbonyl (C=O) groups is 1. The van der Waals surface area contributed by atoms with Gasteiger partial charge in [0, 0.05) is 30.0 Å². The van der Waals surface area contributed by atoms with Crippen LogP contribution in [0.25, 0.3) is 5.78 Å². The highest BCUT2D eigenvalue weighted by Crippen LogP contribution is 2.06. The highest BCUT2D eigenvalue weighted by Gasteiger charge is 2.14. The maximum absolute atomic E-state index is 12.1. The molecule has 20 heavy (non-hydrogen) atoms. The van der Waals surface area contributed by atoms with Crippen molar-refractivity contribution in [2.75, 3.05) is 0 Å². The quantitative estimate of drug-likeness (QED) is 0.666. The molecule has 3 rings (SSSR count). The molecule has 0 aliphatic carbocycles. The Morgan fingerprint density at radius 2 is 2.15 bits per heavy atom.